The summed E-state index contributed by atoms with van der Waals surface area (Å²) in [6, 6.07) is 5.99. The molecule has 2 bridgehead atoms. The Morgan fingerprint density at radius 3 is 3.05 bits per heavy atom. The van der Waals surface area contributed by atoms with Gasteiger partial charge in [0.2, 0.25) is 5.91 Å². The summed E-state index contributed by atoms with van der Waals surface area (Å²) in [6.45, 7) is 7.49. The van der Waals surface area contributed by atoms with Crippen LogP contribution in [-0.4, -0.2) is 47.6 Å². The smallest absolute Gasteiger partial charge is 0.225 e. The molecule has 1 N–H and O–H groups in total. The van der Waals surface area contributed by atoms with Crippen LogP contribution in [0.5, 0.6) is 0 Å². The summed E-state index contributed by atoms with van der Waals surface area (Å²) in [6.07, 6.45) is 2.87. The molecule has 0 radical (unpaired) electrons. The van der Waals surface area contributed by atoms with Gasteiger partial charge in [-0.3, -0.25) is 14.7 Å². The van der Waals surface area contributed by atoms with Crippen molar-refractivity contribution in [2.24, 2.45) is 11.8 Å². The summed E-state index contributed by atoms with van der Waals surface area (Å²) in [7, 11) is 0. The second kappa shape index (κ2) is 6.75. The Morgan fingerprint density at radius 2 is 2.32 bits per heavy atom. The second-order valence-electron chi connectivity index (χ2n) is 6.79. The molecular formula is C17H25N3O2. The Hall–Kier alpha value is -1.46. The molecule has 22 heavy (non-hydrogen) atoms. The number of nitrogens with one attached hydrogen (secondary N) is 1. The van der Waals surface area contributed by atoms with Gasteiger partial charge >= 0.3 is 0 Å². The molecular weight excluding hydrogens is 278 g/mol. The molecule has 3 heterocycles. The van der Waals surface area contributed by atoms with Crippen LogP contribution >= 0.6 is 0 Å². The van der Waals surface area contributed by atoms with Gasteiger partial charge < -0.3 is 10.1 Å². The first kappa shape index (κ1) is 15.4. The quantitative estimate of drug-likeness (QED) is 0.894. The number of hydrogen-bond acceptors (Lipinski definition) is 4. The number of rotatable bonds is 5. The van der Waals surface area contributed by atoms with Crippen LogP contribution < -0.4 is 5.32 Å². The van der Waals surface area contributed by atoms with Crippen LogP contribution in [0.15, 0.2) is 24.4 Å². The topological polar surface area (TPSA) is 54.5 Å². The van der Waals surface area contributed by atoms with Gasteiger partial charge in [-0.15, -0.1) is 0 Å². The second-order valence-corrected chi connectivity index (χ2v) is 6.79. The number of likely N-dealkylation sites (tertiary alicyclic amines) is 1. The fraction of sp³-hybridized carbons (Fsp3) is 0.647. The molecule has 0 aromatic carbocycles. The van der Waals surface area contributed by atoms with Gasteiger partial charge in [0.25, 0.3) is 0 Å². The van der Waals surface area contributed by atoms with Gasteiger partial charge in [-0.2, -0.15) is 0 Å². The van der Waals surface area contributed by atoms with Crippen LogP contribution in [0.2, 0.25) is 0 Å². The third-order valence-electron chi connectivity index (χ3n) is 4.37. The average molecular weight is 303 g/mol. The van der Waals surface area contributed by atoms with Crippen molar-refractivity contribution in [3.63, 3.8) is 0 Å². The molecule has 5 nitrogen and oxygen atoms in total. The monoisotopic (exact) mass is 303 g/mol. The maximum Gasteiger partial charge on any atom is 0.225 e. The first-order chi connectivity index (χ1) is 10.6. The summed E-state index contributed by atoms with van der Waals surface area (Å²) in [5, 5.41) is 3.05. The normalized spacial score (nSPS) is 28.0. The minimum Gasteiger partial charge on any atom is -0.371 e. The number of hydrogen-bond donors (Lipinski definition) is 1. The van der Waals surface area contributed by atoms with Crippen LogP contribution in [-0.2, 0) is 16.1 Å². The van der Waals surface area contributed by atoms with Crippen LogP contribution in [0.3, 0.4) is 0 Å². The number of carbonyl (C=O) groups is 1. The summed E-state index contributed by atoms with van der Waals surface area (Å²) in [5.41, 5.74) is 1.07. The van der Waals surface area contributed by atoms with Crippen molar-refractivity contribution in [2.75, 3.05) is 19.6 Å². The number of ether oxygens (including phenoxy) is 1. The molecule has 3 atom stereocenters. The molecule has 0 unspecified atom stereocenters. The lowest BCUT2D eigenvalue weighted by Gasteiger charge is -2.32. The molecule has 120 valence electrons. The standard InChI is InChI=1S/C17H25N3O2/c1-12(2)8-19-17(21)15-7-14-10-20(11-16(15)22-14)9-13-5-3-4-6-18-13/h3-6,12,14-16H,7-11H2,1-2H3,(H,19,21)/t14-,15+,16+/m0/s1. The molecule has 0 saturated carbocycles. The first-order valence-corrected chi connectivity index (χ1v) is 8.17. The van der Waals surface area contributed by atoms with E-state index in [9.17, 15) is 4.79 Å². The molecule has 2 fully saturated rings. The molecule has 2 aliphatic rings. The van der Waals surface area contributed by atoms with E-state index in [1.165, 1.54) is 0 Å². The first-order valence-electron chi connectivity index (χ1n) is 8.17. The van der Waals surface area contributed by atoms with Gasteiger partial charge in [0.1, 0.15) is 0 Å². The summed E-state index contributed by atoms with van der Waals surface area (Å²) in [5.74, 6) is 0.629. The molecule has 2 saturated heterocycles. The third kappa shape index (κ3) is 3.65. The highest BCUT2D eigenvalue weighted by molar-refractivity contribution is 5.79. The van der Waals surface area contributed by atoms with Gasteiger partial charge in [0.05, 0.1) is 23.8 Å². The molecule has 1 amide bonds. The number of carbonyl (C=O) groups excluding carboxylic acids is 1. The van der Waals surface area contributed by atoms with Crippen molar-refractivity contribution < 1.29 is 9.53 Å². The van der Waals surface area contributed by atoms with Gasteiger partial charge in [-0.1, -0.05) is 19.9 Å². The van der Waals surface area contributed by atoms with E-state index in [0.29, 0.717) is 5.92 Å². The number of amides is 1. The van der Waals surface area contributed by atoms with E-state index >= 15 is 0 Å². The Bertz CT molecular complexity index is 506. The zero-order chi connectivity index (χ0) is 15.5. The summed E-state index contributed by atoms with van der Waals surface area (Å²) >= 11 is 0. The molecule has 3 rings (SSSR count). The average Bonchev–Trinajstić information content (AvgIpc) is 2.80. The van der Waals surface area contributed by atoms with E-state index < -0.39 is 0 Å². The number of fused-ring (bicyclic) bond motifs is 2. The zero-order valence-electron chi connectivity index (χ0n) is 13.4. The molecule has 1 aromatic heterocycles. The summed E-state index contributed by atoms with van der Waals surface area (Å²) < 4.78 is 5.98. The predicted octanol–water partition coefficient (Wildman–Crippen LogP) is 1.44. The number of aromatic nitrogens is 1. The Morgan fingerprint density at radius 1 is 1.45 bits per heavy atom. The van der Waals surface area contributed by atoms with Crippen molar-refractivity contribution in [2.45, 2.75) is 39.0 Å². The fourth-order valence-corrected chi connectivity index (χ4v) is 3.30. The highest BCUT2D eigenvalue weighted by atomic mass is 16.5. The predicted molar refractivity (Wildman–Crippen MR) is 84.1 cm³/mol. The number of nitrogens with zero attached hydrogens (tertiary/aromatic N) is 2. The zero-order valence-corrected chi connectivity index (χ0v) is 13.4. The lowest BCUT2D eigenvalue weighted by Crippen LogP contribution is -2.45. The molecule has 2 aliphatic heterocycles. The third-order valence-corrected chi connectivity index (χ3v) is 4.37. The van der Waals surface area contributed by atoms with E-state index in [4.69, 9.17) is 4.74 Å². The minimum absolute atomic E-state index is 0.00233. The summed E-state index contributed by atoms with van der Waals surface area (Å²) in [4.78, 5) is 19.1. The Balaban J connectivity index is 1.56. The number of pyridine rings is 1. The van der Waals surface area contributed by atoms with Crippen molar-refractivity contribution in [3.05, 3.63) is 30.1 Å². The van der Waals surface area contributed by atoms with E-state index in [1.807, 2.05) is 24.4 Å². The molecule has 1 aromatic rings. The largest absolute Gasteiger partial charge is 0.371 e. The molecule has 5 heteroatoms. The van der Waals surface area contributed by atoms with E-state index in [0.717, 1.165) is 38.3 Å². The van der Waals surface area contributed by atoms with Crippen molar-refractivity contribution in [1.29, 1.82) is 0 Å². The Kier molecular flexibility index (Phi) is 4.74. The van der Waals surface area contributed by atoms with Gasteiger partial charge in [0.15, 0.2) is 0 Å². The fourth-order valence-electron chi connectivity index (χ4n) is 3.30. The van der Waals surface area contributed by atoms with E-state index in [1.54, 1.807) is 0 Å². The van der Waals surface area contributed by atoms with E-state index in [-0.39, 0.29) is 24.0 Å². The van der Waals surface area contributed by atoms with Crippen LogP contribution in [0, 0.1) is 11.8 Å². The van der Waals surface area contributed by atoms with Gasteiger partial charge in [-0.25, -0.2) is 0 Å². The highest BCUT2D eigenvalue weighted by Gasteiger charge is 2.44. The van der Waals surface area contributed by atoms with Crippen LogP contribution in [0.1, 0.15) is 26.0 Å². The van der Waals surface area contributed by atoms with Crippen molar-refractivity contribution in [3.8, 4) is 0 Å². The minimum atomic E-state index is -0.00233. The van der Waals surface area contributed by atoms with Gasteiger partial charge in [-0.05, 0) is 24.5 Å². The number of morpholine rings is 1. The van der Waals surface area contributed by atoms with Crippen LogP contribution in [0.25, 0.3) is 0 Å². The van der Waals surface area contributed by atoms with E-state index in [2.05, 4.69) is 29.0 Å². The van der Waals surface area contributed by atoms with Gasteiger partial charge in [0, 0.05) is 32.4 Å². The van der Waals surface area contributed by atoms with Crippen LogP contribution in [0.4, 0.5) is 0 Å². The lowest BCUT2D eigenvalue weighted by atomic mass is 9.99. The SMILES string of the molecule is CC(C)CNC(=O)[C@@H]1C[C@H]2CN(Cc3ccccn3)C[C@H]1O2. The van der Waals surface area contributed by atoms with Crippen molar-refractivity contribution >= 4 is 5.91 Å². The molecule has 0 spiro atoms. The lowest BCUT2D eigenvalue weighted by molar-refractivity contribution is -0.128. The molecule has 0 aliphatic carbocycles. The Labute approximate surface area is 132 Å². The maximum absolute atomic E-state index is 12.3. The van der Waals surface area contributed by atoms with Crippen molar-refractivity contribution in [1.82, 2.24) is 15.2 Å². The highest BCUT2D eigenvalue weighted by Crippen LogP contribution is 2.32. The maximum atomic E-state index is 12.3.